The fourth-order valence-electron chi connectivity index (χ4n) is 4.97. The van der Waals surface area contributed by atoms with E-state index in [-0.39, 0.29) is 23.9 Å². The lowest BCUT2D eigenvalue weighted by Gasteiger charge is -2.29. The fourth-order valence-corrected chi connectivity index (χ4v) is 8.53. The second-order valence-electron chi connectivity index (χ2n) is 10.3. The number of aromatic nitrogens is 2. The number of nitrogens with zero attached hydrogens (tertiary/aromatic N) is 3. The summed E-state index contributed by atoms with van der Waals surface area (Å²) in [4.78, 5) is 50.7. The summed E-state index contributed by atoms with van der Waals surface area (Å²) < 4.78 is 0. The van der Waals surface area contributed by atoms with E-state index >= 15 is 0 Å². The highest BCUT2D eigenvalue weighted by molar-refractivity contribution is 7.57. The van der Waals surface area contributed by atoms with Crippen LogP contribution in [0.4, 0.5) is 0 Å². The standard InChI is InChI=1S/C26H32ClN6O4PS/c1-15(2)33-8-5-20-22(13-33)39-26(30-20)25(37)31-38-14-32(7-6-23(34)35)12-18(38)11-28-24(36)21-10-16-9-17(27)3-4-19(16)29-21/h3-4,9-10,15,18,29H,5-8,11-14H2,1-2H3,(H,28,36)(H,31,37)(H,34,35). The van der Waals surface area contributed by atoms with Crippen molar-refractivity contribution < 1.29 is 19.5 Å². The number of nitrogens with one attached hydrogen (secondary N) is 3. The highest BCUT2D eigenvalue weighted by Crippen LogP contribution is 2.44. The molecule has 4 N–H and O–H groups in total. The number of halogens is 1. The van der Waals surface area contributed by atoms with Crippen molar-refractivity contribution in [3.63, 3.8) is 0 Å². The van der Waals surface area contributed by atoms with E-state index in [9.17, 15) is 14.4 Å². The molecule has 0 radical (unpaired) electrons. The van der Waals surface area contributed by atoms with Crippen LogP contribution in [0.5, 0.6) is 0 Å². The maximum atomic E-state index is 13.3. The van der Waals surface area contributed by atoms with Gasteiger partial charge in [0, 0.05) is 86.0 Å². The summed E-state index contributed by atoms with van der Waals surface area (Å²) in [6, 6.07) is 7.60. The zero-order chi connectivity index (χ0) is 27.7. The fraction of sp³-hybridized carbons (Fsp3) is 0.462. The Balaban J connectivity index is 1.25. The number of fused-ring (bicyclic) bond motifs is 2. The third-order valence-corrected chi connectivity index (χ3v) is 10.9. The minimum Gasteiger partial charge on any atom is -0.481 e. The van der Waals surface area contributed by atoms with Crippen LogP contribution < -0.4 is 10.4 Å². The number of aliphatic carboxylic acids is 1. The number of rotatable bonds is 9. The normalized spacial score (nSPS) is 19.9. The average Bonchev–Trinajstić information content (AvgIpc) is 3.61. The van der Waals surface area contributed by atoms with Crippen molar-refractivity contribution in [3.8, 4) is 0 Å². The predicted octanol–water partition coefficient (Wildman–Crippen LogP) is 3.72. The summed E-state index contributed by atoms with van der Waals surface area (Å²) in [7, 11) is -1.03. The van der Waals surface area contributed by atoms with Gasteiger partial charge in [0.2, 0.25) is 0 Å². The quantitative estimate of drug-likeness (QED) is 0.279. The van der Waals surface area contributed by atoms with Gasteiger partial charge in [-0.1, -0.05) is 11.6 Å². The lowest BCUT2D eigenvalue weighted by molar-refractivity contribution is -0.137. The minimum atomic E-state index is -1.03. The van der Waals surface area contributed by atoms with Gasteiger partial charge in [-0.15, -0.1) is 11.3 Å². The molecule has 1 aromatic carbocycles. The molecule has 2 aliphatic heterocycles. The monoisotopic (exact) mass is 590 g/mol. The molecule has 10 nitrogen and oxygen atoms in total. The van der Waals surface area contributed by atoms with Crippen LogP contribution >= 0.6 is 31.0 Å². The van der Waals surface area contributed by atoms with Gasteiger partial charge in [0.25, 0.3) is 11.8 Å². The summed E-state index contributed by atoms with van der Waals surface area (Å²) in [5, 5.41) is 17.3. The predicted molar refractivity (Wildman–Crippen MR) is 154 cm³/mol. The van der Waals surface area contributed by atoms with Crippen LogP contribution in [-0.2, 0) is 17.8 Å². The molecule has 5 rings (SSSR count). The van der Waals surface area contributed by atoms with Crippen molar-refractivity contribution in [2.45, 2.75) is 44.9 Å². The largest absolute Gasteiger partial charge is 0.481 e. The SMILES string of the molecule is CC(C)N1CCc2nc(C(=O)NP3CN(CCC(=O)O)CC3CNC(=O)c3cc4cc(Cl)ccc4[nH]3)sc2C1. The summed E-state index contributed by atoms with van der Waals surface area (Å²) in [6.45, 7) is 7.45. The van der Waals surface area contributed by atoms with Gasteiger partial charge in [0.1, 0.15) is 5.69 Å². The summed E-state index contributed by atoms with van der Waals surface area (Å²) in [6.07, 6.45) is 1.44. The van der Waals surface area contributed by atoms with Crippen LogP contribution in [0.3, 0.4) is 0 Å². The number of H-pyrrole nitrogens is 1. The molecule has 39 heavy (non-hydrogen) atoms. The number of aromatic amines is 1. The van der Waals surface area contributed by atoms with Gasteiger partial charge in [0.05, 0.1) is 12.1 Å². The number of amides is 2. The van der Waals surface area contributed by atoms with Gasteiger partial charge >= 0.3 is 5.97 Å². The highest BCUT2D eigenvalue weighted by atomic mass is 35.5. The van der Waals surface area contributed by atoms with E-state index in [4.69, 9.17) is 16.7 Å². The Morgan fingerprint density at radius 2 is 2.10 bits per heavy atom. The molecule has 2 aromatic heterocycles. The number of carbonyl (C=O) groups is 3. The van der Waals surface area contributed by atoms with E-state index in [1.807, 2.05) is 6.07 Å². The molecule has 2 aliphatic rings. The maximum absolute atomic E-state index is 13.3. The first-order valence-corrected chi connectivity index (χ1v) is 15.8. The van der Waals surface area contributed by atoms with Crippen molar-refractivity contribution in [1.29, 1.82) is 0 Å². The Morgan fingerprint density at radius 3 is 2.87 bits per heavy atom. The molecular weight excluding hydrogens is 559 g/mol. The Kier molecular flexibility index (Phi) is 8.54. The van der Waals surface area contributed by atoms with Crippen LogP contribution in [0, 0.1) is 0 Å². The number of thiazole rings is 1. The zero-order valence-electron chi connectivity index (χ0n) is 21.9. The molecule has 0 saturated carbocycles. The average molecular weight is 591 g/mol. The highest BCUT2D eigenvalue weighted by Gasteiger charge is 2.35. The van der Waals surface area contributed by atoms with E-state index in [2.05, 4.69) is 44.0 Å². The zero-order valence-corrected chi connectivity index (χ0v) is 24.3. The Hall–Kier alpha value is -2.56. The summed E-state index contributed by atoms with van der Waals surface area (Å²) in [5.41, 5.74) is 2.24. The lowest BCUT2D eigenvalue weighted by Crippen LogP contribution is -2.35. The van der Waals surface area contributed by atoms with Gasteiger partial charge in [0.15, 0.2) is 5.01 Å². The van der Waals surface area contributed by atoms with E-state index in [0.717, 1.165) is 41.0 Å². The molecule has 1 fully saturated rings. The molecule has 2 unspecified atom stereocenters. The number of benzene rings is 1. The second kappa shape index (κ2) is 11.9. The first-order valence-electron chi connectivity index (χ1n) is 13.0. The first kappa shape index (κ1) is 28.0. The Bertz CT molecular complexity index is 1390. The van der Waals surface area contributed by atoms with Crippen molar-refractivity contribution in [2.24, 2.45) is 0 Å². The van der Waals surface area contributed by atoms with Crippen LogP contribution in [0.2, 0.25) is 5.02 Å². The lowest BCUT2D eigenvalue weighted by atomic mass is 10.1. The Labute approximate surface area is 236 Å². The van der Waals surface area contributed by atoms with Crippen LogP contribution in [0.1, 0.15) is 51.1 Å². The van der Waals surface area contributed by atoms with E-state index in [1.165, 1.54) is 11.3 Å². The molecule has 208 valence electrons. The van der Waals surface area contributed by atoms with Crippen LogP contribution in [0.25, 0.3) is 10.9 Å². The van der Waals surface area contributed by atoms with Crippen molar-refractivity contribution in [3.05, 3.63) is 50.6 Å². The van der Waals surface area contributed by atoms with E-state index in [0.29, 0.717) is 47.7 Å². The number of hydrogen-bond donors (Lipinski definition) is 4. The number of carboxylic acid groups (broad SMARTS) is 1. The van der Waals surface area contributed by atoms with Crippen LogP contribution in [0.15, 0.2) is 24.3 Å². The first-order chi connectivity index (χ1) is 18.7. The second-order valence-corrected chi connectivity index (χ2v) is 14.0. The van der Waals surface area contributed by atoms with E-state index < -0.39 is 14.0 Å². The number of hydrogen-bond acceptors (Lipinski definition) is 7. The third kappa shape index (κ3) is 6.61. The van der Waals surface area contributed by atoms with Gasteiger partial charge in [-0.25, -0.2) is 4.98 Å². The van der Waals surface area contributed by atoms with Gasteiger partial charge < -0.3 is 20.5 Å². The minimum absolute atomic E-state index is 0.0217. The van der Waals surface area contributed by atoms with E-state index in [1.54, 1.807) is 18.2 Å². The van der Waals surface area contributed by atoms with Crippen LogP contribution in [-0.4, -0.2) is 86.8 Å². The molecule has 3 aromatic rings. The van der Waals surface area contributed by atoms with Gasteiger partial charge in [-0.05, 0) is 38.1 Å². The van der Waals surface area contributed by atoms with Crippen molar-refractivity contribution in [2.75, 3.05) is 32.5 Å². The smallest absolute Gasteiger partial charge is 0.304 e. The molecule has 0 spiro atoms. The van der Waals surface area contributed by atoms with Crippen molar-refractivity contribution >= 4 is 59.7 Å². The molecule has 2 amide bonds. The molecular formula is C26H32ClN6O4PS. The maximum Gasteiger partial charge on any atom is 0.304 e. The topological polar surface area (TPSA) is 131 Å². The Morgan fingerprint density at radius 1 is 1.28 bits per heavy atom. The number of carbonyl (C=O) groups excluding carboxylic acids is 2. The molecule has 2 atom stereocenters. The molecule has 0 aliphatic carbocycles. The summed E-state index contributed by atoms with van der Waals surface area (Å²) >= 11 is 7.52. The van der Waals surface area contributed by atoms with Gasteiger partial charge in [-0.2, -0.15) is 0 Å². The molecule has 0 bridgehead atoms. The number of carboxylic acids is 1. The molecule has 13 heteroatoms. The van der Waals surface area contributed by atoms with Gasteiger partial charge in [-0.3, -0.25) is 24.2 Å². The molecule has 1 saturated heterocycles. The van der Waals surface area contributed by atoms with Crippen molar-refractivity contribution in [1.82, 2.24) is 30.2 Å². The third-order valence-electron chi connectivity index (χ3n) is 7.16. The summed E-state index contributed by atoms with van der Waals surface area (Å²) in [5.74, 6) is -1.29. The molecule has 4 heterocycles.